The number of alkyl halides is 1. The van der Waals surface area contributed by atoms with Gasteiger partial charge in [-0.05, 0) is 63.5 Å². The van der Waals surface area contributed by atoms with Gasteiger partial charge in [0, 0.05) is 11.9 Å². The van der Waals surface area contributed by atoms with Crippen LogP contribution in [0.3, 0.4) is 0 Å². The van der Waals surface area contributed by atoms with E-state index >= 15 is 0 Å². The largest absolute Gasteiger partial charge is 0.489 e. The van der Waals surface area contributed by atoms with Crippen LogP contribution in [0.1, 0.15) is 56.0 Å². The molecule has 2 atom stereocenters. The third kappa shape index (κ3) is 4.64. The molecule has 0 radical (unpaired) electrons. The maximum Gasteiger partial charge on any atom is 0.338 e. The second-order valence-electron chi connectivity index (χ2n) is 6.19. The van der Waals surface area contributed by atoms with Crippen molar-refractivity contribution in [3.8, 4) is 5.75 Å². The number of rotatable bonds is 7. The summed E-state index contributed by atoms with van der Waals surface area (Å²) in [6, 6.07) is 5.87. The number of carbonyl (C=O) groups is 1. The molecule has 0 saturated carbocycles. The topological polar surface area (TPSA) is 38.8 Å². The predicted molar refractivity (Wildman–Crippen MR) is 96.9 cm³/mol. The van der Waals surface area contributed by atoms with Crippen molar-refractivity contribution in [1.82, 2.24) is 4.90 Å². The Morgan fingerprint density at radius 2 is 2.17 bits per heavy atom. The maximum absolute atomic E-state index is 12.0. The number of nitrogens with zero attached hydrogens (tertiary/aromatic N) is 1. The minimum Gasteiger partial charge on any atom is -0.489 e. The maximum atomic E-state index is 12.0. The summed E-state index contributed by atoms with van der Waals surface area (Å²) >= 11 is 6.01. The summed E-state index contributed by atoms with van der Waals surface area (Å²) in [5, 5.41) is 0. The SMILES string of the molecule is CCOC(=O)c1ccc(OC(C)C2CCCCN2CC)cc1CCl. The number of ether oxygens (including phenoxy) is 2. The summed E-state index contributed by atoms with van der Waals surface area (Å²) in [5.74, 6) is 0.676. The second-order valence-corrected chi connectivity index (χ2v) is 6.46. The van der Waals surface area contributed by atoms with Gasteiger partial charge in [-0.1, -0.05) is 13.3 Å². The van der Waals surface area contributed by atoms with Gasteiger partial charge in [-0.2, -0.15) is 0 Å². The van der Waals surface area contributed by atoms with E-state index in [0.29, 0.717) is 18.2 Å². The molecule has 134 valence electrons. The van der Waals surface area contributed by atoms with Gasteiger partial charge in [0.1, 0.15) is 11.9 Å². The highest BCUT2D eigenvalue weighted by atomic mass is 35.5. The molecule has 1 fully saturated rings. The molecule has 0 bridgehead atoms. The molecule has 1 saturated heterocycles. The number of benzene rings is 1. The van der Waals surface area contributed by atoms with Crippen LogP contribution in [-0.4, -0.2) is 42.7 Å². The fourth-order valence-electron chi connectivity index (χ4n) is 3.40. The summed E-state index contributed by atoms with van der Waals surface area (Å²) in [6.45, 7) is 8.66. The Bertz CT molecular complexity index is 549. The third-order valence-corrected chi connectivity index (χ3v) is 4.94. The molecule has 0 aliphatic carbocycles. The molecule has 0 N–H and O–H groups in total. The van der Waals surface area contributed by atoms with E-state index in [4.69, 9.17) is 21.1 Å². The highest BCUT2D eigenvalue weighted by molar-refractivity contribution is 6.17. The highest BCUT2D eigenvalue weighted by Gasteiger charge is 2.27. The van der Waals surface area contributed by atoms with Gasteiger partial charge in [0.05, 0.1) is 12.2 Å². The molecule has 5 heteroatoms. The summed E-state index contributed by atoms with van der Waals surface area (Å²) in [5.41, 5.74) is 1.26. The molecule has 1 aliphatic rings. The average molecular weight is 354 g/mol. The first-order chi connectivity index (χ1) is 11.6. The molecule has 24 heavy (non-hydrogen) atoms. The Morgan fingerprint density at radius 3 is 2.83 bits per heavy atom. The van der Waals surface area contributed by atoms with Gasteiger partial charge < -0.3 is 9.47 Å². The van der Waals surface area contributed by atoms with Crippen molar-refractivity contribution in [2.45, 2.75) is 58.1 Å². The quantitative estimate of drug-likeness (QED) is 0.542. The Labute approximate surface area is 150 Å². The zero-order chi connectivity index (χ0) is 17.5. The molecular weight excluding hydrogens is 326 g/mol. The van der Waals surface area contributed by atoms with Crippen molar-refractivity contribution in [1.29, 1.82) is 0 Å². The number of hydrogen-bond donors (Lipinski definition) is 0. The molecule has 2 rings (SSSR count). The number of likely N-dealkylation sites (N-methyl/N-ethyl adjacent to an activating group) is 1. The van der Waals surface area contributed by atoms with E-state index in [0.717, 1.165) is 30.8 Å². The van der Waals surface area contributed by atoms with Gasteiger partial charge in [-0.25, -0.2) is 4.79 Å². The normalized spacial score (nSPS) is 19.8. The molecular formula is C19H28ClNO3. The summed E-state index contributed by atoms with van der Waals surface area (Å²) < 4.78 is 11.2. The Hall–Kier alpha value is -1.26. The third-order valence-electron chi connectivity index (χ3n) is 4.65. The summed E-state index contributed by atoms with van der Waals surface area (Å²) in [6.07, 6.45) is 3.78. The van der Waals surface area contributed by atoms with E-state index in [1.807, 2.05) is 12.1 Å². The van der Waals surface area contributed by atoms with Crippen LogP contribution >= 0.6 is 11.6 Å². The zero-order valence-electron chi connectivity index (χ0n) is 14.9. The van der Waals surface area contributed by atoms with Crippen molar-refractivity contribution in [2.24, 2.45) is 0 Å². The van der Waals surface area contributed by atoms with E-state index in [-0.39, 0.29) is 18.0 Å². The first-order valence-corrected chi connectivity index (χ1v) is 9.40. The van der Waals surface area contributed by atoms with Gasteiger partial charge in [0.15, 0.2) is 0 Å². The monoisotopic (exact) mass is 353 g/mol. The minimum atomic E-state index is -0.336. The van der Waals surface area contributed by atoms with Crippen molar-refractivity contribution in [3.05, 3.63) is 29.3 Å². The van der Waals surface area contributed by atoms with Gasteiger partial charge in [0.2, 0.25) is 0 Å². The molecule has 2 unspecified atom stereocenters. The van der Waals surface area contributed by atoms with E-state index in [1.54, 1.807) is 13.0 Å². The fourth-order valence-corrected chi connectivity index (χ4v) is 3.62. The first-order valence-electron chi connectivity index (χ1n) is 8.87. The number of likely N-dealkylation sites (tertiary alicyclic amines) is 1. The minimum absolute atomic E-state index is 0.0990. The second kappa shape index (κ2) is 9.28. The smallest absolute Gasteiger partial charge is 0.338 e. The van der Waals surface area contributed by atoms with Crippen LogP contribution in [0.25, 0.3) is 0 Å². The average Bonchev–Trinajstić information content (AvgIpc) is 2.61. The first kappa shape index (κ1) is 19.1. The molecule has 0 spiro atoms. The number of carbonyl (C=O) groups excluding carboxylic acids is 1. The number of hydrogen-bond acceptors (Lipinski definition) is 4. The lowest BCUT2D eigenvalue weighted by molar-refractivity contribution is 0.0521. The van der Waals surface area contributed by atoms with Gasteiger partial charge in [0.25, 0.3) is 0 Å². The van der Waals surface area contributed by atoms with Crippen LogP contribution < -0.4 is 4.74 Å². The lowest BCUT2D eigenvalue weighted by Crippen LogP contribution is -2.47. The number of esters is 1. The van der Waals surface area contributed by atoms with Crippen LogP contribution in [0.15, 0.2) is 18.2 Å². The fraction of sp³-hybridized carbons (Fsp3) is 0.632. The van der Waals surface area contributed by atoms with Crippen LogP contribution in [0, 0.1) is 0 Å². The van der Waals surface area contributed by atoms with Gasteiger partial charge >= 0.3 is 5.97 Å². The molecule has 0 aromatic heterocycles. The summed E-state index contributed by atoms with van der Waals surface area (Å²) in [4.78, 5) is 14.4. The van der Waals surface area contributed by atoms with Crippen LogP contribution in [0.2, 0.25) is 0 Å². The van der Waals surface area contributed by atoms with Crippen LogP contribution in [0.5, 0.6) is 5.75 Å². The molecule has 4 nitrogen and oxygen atoms in total. The van der Waals surface area contributed by atoms with Crippen molar-refractivity contribution in [3.63, 3.8) is 0 Å². The van der Waals surface area contributed by atoms with Crippen molar-refractivity contribution in [2.75, 3.05) is 19.7 Å². The number of piperidine rings is 1. The number of halogens is 1. The molecule has 1 heterocycles. The lowest BCUT2D eigenvalue weighted by Gasteiger charge is -2.38. The van der Waals surface area contributed by atoms with Crippen LogP contribution in [0.4, 0.5) is 0 Å². The molecule has 1 aliphatic heterocycles. The van der Waals surface area contributed by atoms with Crippen LogP contribution in [-0.2, 0) is 10.6 Å². The molecule has 1 aromatic rings. The zero-order valence-corrected chi connectivity index (χ0v) is 15.6. The Kier molecular flexibility index (Phi) is 7.38. The van der Waals surface area contributed by atoms with Gasteiger partial charge in [-0.15, -0.1) is 11.6 Å². The van der Waals surface area contributed by atoms with E-state index in [1.165, 1.54) is 12.8 Å². The van der Waals surface area contributed by atoms with Crippen molar-refractivity contribution >= 4 is 17.6 Å². The van der Waals surface area contributed by atoms with E-state index < -0.39 is 0 Å². The Morgan fingerprint density at radius 1 is 1.38 bits per heavy atom. The molecule has 0 amide bonds. The lowest BCUT2D eigenvalue weighted by atomic mass is 9.98. The highest BCUT2D eigenvalue weighted by Crippen LogP contribution is 2.25. The van der Waals surface area contributed by atoms with E-state index in [9.17, 15) is 4.79 Å². The Balaban J connectivity index is 2.10. The standard InChI is InChI=1S/C19H28ClNO3/c1-4-21-11-7-6-8-18(21)14(3)24-16-9-10-17(15(12-16)13-20)19(22)23-5-2/h9-10,12,14,18H,4-8,11,13H2,1-3H3. The predicted octanol–water partition coefficient (Wildman–Crippen LogP) is 4.24. The van der Waals surface area contributed by atoms with E-state index in [2.05, 4.69) is 18.7 Å². The van der Waals surface area contributed by atoms with Crippen molar-refractivity contribution < 1.29 is 14.3 Å². The summed E-state index contributed by atoms with van der Waals surface area (Å²) in [7, 11) is 0. The molecule has 1 aromatic carbocycles. The van der Waals surface area contributed by atoms with Gasteiger partial charge in [-0.3, -0.25) is 4.90 Å².